The molecule has 0 radical (unpaired) electrons. The molecule has 1 N–H and O–H groups in total. The summed E-state index contributed by atoms with van der Waals surface area (Å²) >= 11 is 0. The fourth-order valence-electron chi connectivity index (χ4n) is 1.28. The smallest absolute Gasteiger partial charge is 0.372 e. The number of halogens is 3. The van der Waals surface area contributed by atoms with Crippen molar-refractivity contribution in [2.24, 2.45) is 11.8 Å². The molecule has 0 aromatic rings. The predicted molar refractivity (Wildman–Crippen MR) is 58.4 cm³/mol. The number of nitrogens with one attached hydrogen (secondary N) is 1. The SMILES string of the molecule is CCCNCC(COCC(F)(F)F)C(C)C. The third kappa shape index (κ3) is 8.97. The predicted octanol–water partition coefficient (Wildman–Crippen LogP) is 2.84. The van der Waals surface area contributed by atoms with E-state index in [1.54, 1.807) is 0 Å². The van der Waals surface area contributed by atoms with Crippen LogP contribution in [0.25, 0.3) is 0 Å². The summed E-state index contributed by atoms with van der Waals surface area (Å²) in [6.07, 6.45) is -3.20. The molecular weight excluding hydrogens is 219 g/mol. The van der Waals surface area contributed by atoms with Crippen molar-refractivity contribution in [3.8, 4) is 0 Å². The largest absolute Gasteiger partial charge is 0.411 e. The van der Waals surface area contributed by atoms with Gasteiger partial charge in [0.1, 0.15) is 6.61 Å². The highest BCUT2D eigenvalue weighted by Crippen LogP contribution is 2.16. The highest BCUT2D eigenvalue weighted by molar-refractivity contribution is 4.65. The number of hydrogen-bond donors (Lipinski definition) is 1. The van der Waals surface area contributed by atoms with Crippen LogP contribution in [0.2, 0.25) is 0 Å². The fraction of sp³-hybridized carbons (Fsp3) is 1.00. The van der Waals surface area contributed by atoms with Gasteiger partial charge in [0.15, 0.2) is 0 Å². The Morgan fingerprint density at radius 2 is 1.88 bits per heavy atom. The zero-order valence-electron chi connectivity index (χ0n) is 10.2. The van der Waals surface area contributed by atoms with Gasteiger partial charge >= 0.3 is 6.18 Å². The molecule has 2 nitrogen and oxygen atoms in total. The van der Waals surface area contributed by atoms with E-state index in [2.05, 4.69) is 17.0 Å². The molecule has 1 unspecified atom stereocenters. The lowest BCUT2D eigenvalue weighted by Gasteiger charge is -2.21. The minimum atomic E-state index is -4.22. The normalized spacial score (nSPS) is 14.4. The molecule has 0 saturated carbocycles. The quantitative estimate of drug-likeness (QED) is 0.660. The van der Waals surface area contributed by atoms with Crippen LogP contribution in [0.1, 0.15) is 27.2 Å². The first kappa shape index (κ1) is 15.7. The maximum absolute atomic E-state index is 11.9. The fourth-order valence-corrected chi connectivity index (χ4v) is 1.28. The molecule has 16 heavy (non-hydrogen) atoms. The van der Waals surface area contributed by atoms with Crippen molar-refractivity contribution in [1.82, 2.24) is 5.32 Å². The summed E-state index contributed by atoms with van der Waals surface area (Å²) < 4.78 is 40.3. The molecule has 0 fully saturated rings. The van der Waals surface area contributed by atoms with Gasteiger partial charge in [-0.25, -0.2) is 0 Å². The summed E-state index contributed by atoms with van der Waals surface area (Å²) in [7, 11) is 0. The summed E-state index contributed by atoms with van der Waals surface area (Å²) in [5.41, 5.74) is 0. The highest BCUT2D eigenvalue weighted by Gasteiger charge is 2.28. The Kier molecular flexibility index (Phi) is 7.76. The summed E-state index contributed by atoms with van der Waals surface area (Å²) in [6.45, 7) is 6.66. The van der Waals surface area contributed by atoms with Gasteiger partial charge in [0.2, 0.25) is 0 Å². The van der Waals surface area contributed by atoms with E-state index < -0.39 is 12.8 Å². The van der Waals surface area contributed by atoms with Gasteiger partial charge in [-0.2, -0.15) is 13.2 Å². The van der Waals surface area contributed by atoms with Crippen LogP contribution < -0.4 is 5.32 Å². The van der Waals surface area contributed by atoms with Crippen molar-refractivity contribution in [2.75, 3.05) is 26.3 Å². The molecule has 1 atom stereocenters. The van der Waals surface area contributed by atoms with E-state index in [4.69, 9.17) is 0 Å². The molecule has 0 heterocycles. The van der Waals surface area contributed by atoms with Crippen molar-refractivity contribution in [1.29, 1.82) is 0 Å². The van der Waals surface area contributed by atoms with Crippen molar-refractivity contribution < 1.29 is 17.9 Å². The van der Waals surface area contributed by atoms with Gasteiger partial charge in [-0.1, -0.05) is 20.8 Å². The van der Waals surface area contributed by atoms with Gasteiger partial charge in [0.05, 0.1) is 6.61 Å². The molecule has 0 spiro atoms. The molecular formula is C11H22F3NO. The average Bonchev–Trinajstić information content (AvgIpc) is 2.13. The Bertz CT molecular complexity index is 171. The Balaban J connectivity index is 3.77. The van der Waals surface area contributed by atoms with Crippen LogP contribution in [-0.2, 0) is 4.74 Å². The third-order valence-corrected chi connectivity index (χ3v) is 2.37. The topological polar surface area (TPSA) is 21.3 Å². The Morgan fingerprint density at radius 3 is 2.31 bits per heavy atom. The summed E-state index contributed by atoms with van der Waals surface area (Å²) in [5, 5.41) is 3.20. The first-order valence-electron chi connectivity index (χ1n) is 5.72. The minimum Gasteiger partial charge on any atom is -0.372 e. The molecule has 0 aromatic carbocycles. The van der Waals surface area contributed by atoms with Crippen molar-refractivity contribution in [3.05, 3.63) is 0 Å². The Hall–Kier alpha value is -0.290. The Morgan fingerprint density at radius 1 is 1.25 bits per heavy atom. The molecule has 0 saturated heterocycles. The molecule has 0 aliphatic rings. The monoisotopic (exact) mass is 241 g/mol. The van der Waals surface area contributed by atoms with Gasteiger partial charge in [0, 0.05) is 6.54 Å². The van der Waals surface area contributed by atoms with Crippen LogP contribution in [0.5, 0.6) is 0 Å². The molecule has 0 amide bonds. The maximum atomic E-state index is 11.9. The van der Waals surface area contributed by atoms with Gasteiger partial charge in [-0.3, -0.25) is 0 Å². The lowest BCUT2D eigenvalue weighted by Crippen LogP contribution is -2.31. The average molecular weight is 241 g/mol. The first-order valence-corrected chi connectivity index (χ1v) is 5.72. The summed E-state index contributed by atoms with van der Waals surface area (Å²) in [6, 6.07) is 0. The summed E-state index contributed by atoms with van der Waals surface area (Å²) in [5.74, 6) is 0.450. The van der Waals surface area contributed by atoms with Crippen molar-refractivity contribution >= 4 is 0 Å². The van der Waals surface area contributed by atoms with Gasteiger partial charge in [-0.05, 0) is 24.8 Å². The van der Waals surface area contributed by atoms with E-state index in [9.17, 15) is 13.2 Å². The van der Waals surface area contributed by atoms with E-state index in [1.807, 2.05) is 13.8 Å². The molecule has 0 rings (SSSR count). The number of rotatable bonds is 8. The summed E-state index contributed by atoms with van der Waals surface area (Å²) in [4.78, 5) is 0. The molecule has 0 aliphatic carbocycles. The molecule has 0 bridgehead atoms. The molecule has 5 heteroatoms. The van der Waals surface area contributed by atoms with E-state index in [0.29, 0.717) is 12.5 Å². The number of ether oxygens (including phenoxy) is 1. The van der Waals surface area contributed by atoms with Crippen LogP contribution >= 0.6 is 0 Å². The zero-order valence-corrected chi connectivity index (χ0v) is 10.2. The van der Waals surface area contributed by atoms with Crippen LogP contribution in [0.15, 0.2) is 0 Å². The lowest BCUT2D eigenvalue weighted by molar-refractivity contribution is -0.177. The lowest BCUT2D eigenvalue weighted by atomic mass is 9.97. The maximum Gasteiger partial charge on any atom is 0.411 e. The van der Waals surface area contributed by atoms with Gasteiger partial charge in [-0.15, -0.1) is 0 Å². The minimum absolute atomic E-state index is 0.133. The molecule has 98 valence electrons. The Labute approximate surface area is 95.5 Å². The van der Waals surface area contributed by atoms with Crippen molar-refractivity contribution in [2.45, 2.75) is 33.4 Å². The van der Waals surface area contributed by atoms with Gasteiger partial charge < -0.3 is 10.1 Å². The first-order chi connectivity index (χ1) is 7.37. The third-order valence-electron chi connectivity index (χ3n) is 2.37. The second-order valence-corrected chi connectivity index (χ2v) is 4.34. The van der Waals surface area contributed by atoms with Crippen LogP contribution in [0.4, 0.5) is 13.2 Å². The van der Waals surface area contributed by atoms with Gasteiger partial charge in [0.25, 0.3) is 0 Å². The van der Waals surface area contributed by atoms with Crippen LogP contribution in [0.3, 0.4) is 0 Å². The standard InChI is InChI=1S/C11H22F3NO/c1-4-5-15-6-10(9(2)3)7-16-8-11(12,13)14/h9-10,15H,4-8H2,1-3H3. The van der Waals surface area contributed by atoms with Crippen molar-refractivity contribution in [3.63, 3.8) is 0 Å². The molecule has 0 aromatic heterocycles. The number of hydrogen-bond acceptors (Lipinski definition) is 2. The second-order valence-electron chi connectivity index (χ2n) is 4.34. The highest BCUT2D eigenvalue weighted by atomic mass is 19.4. The van der Waals surface area contributed by atoms with Crippen LogP contribution in [0, 0.1) is 11.8 Å². The zero-order chi connectivity index (χ0) is 12.6. The number of alkyl halides is 3. The molecule has 0 aliphatic heterocycles. The van der Waals surface area contributed by atoms with E-state index in [0.717, 1.165) is 13.0 Å². The van der Waals surface area contributed by atoms with E-state index in [-0.39, 0.29) is 12.5 Å². The van der Waals surface area contributed by atoms with E-state index in [1.165, 1.54) is 0 Å². The van der Waals surface area contributed by atoms with Crippen LogP contribution in [-0.4, -0.2) is 32.5 Å². The van der Waals surface area contributed by atoms with E-state index >= 15 is 0 Å². The second kappa shape index (κ2) is 7.90.